The molecule has 5 nitrogen and oxygen atoms in total. The van der Waals surface area contributed by atoms with Gasteiger partial charge in [0, 0.05) is 6.04 Å². The minimum atomic E-state index is -3.47. The zero-order chi connectivity index (χ0) is 9.90. The quantitative estimate of drug-likeness (QED) is 0.686. The largest absolute Gasteiger partial charge is 0.266 e. The van der Waals surface area contributed by atoms with Crippen LogP contribution >= 0.6 is 0 Å². The van der Waals surface area contributed by atoms with E-state index in [1.807, 2.05) is 0 Å². The minimum Gasteiger partial charge on any atom is -0.266 e. The Balaban J connectivity index is 2.85. The molecule has 2 N–H and O–H groups in total. The summed E-state index contributed by atoms with van der Waals surface area (Å²) in [5.74, 6) is 0. The molecular formula is C7H11N3O2S. The smallest absolute Gasteiger partial charge is 0.257 e. The van der Waals surface area contributed by atoms with Crippen molar-refractivity contribution in [2.24, 2.45) is 0 Å². The van der Waals surface area contributed by atoms with E-state index in [0.29, 0.717) is 0 Å². The Bertz CT molecular complexity index is 368. The van der Waals surface area contributed by atoms with Crippen LogP contribution in [0.15, 0.2) is 29.9 Å². The molecule has 0 aromatic carbocycles. The van der Waals surface area contributed by atoms with Gasteiger partial charge in [0.1, 0.15) is 0 Å². The molecule has 1 rings (SSSR count). The monoisotopic (exact) mass is 201 g/mol. The predicted molar refractivity (Wildman–Crippen MR) is 48.6 cm³/mol. The molecule has 0 aliphatic rings. The van der Waals surface area contributed by atoms with Gasteiger partial charge in [0.15, 0.2) is 5.03 Å². The summed E-state index contributed by atoms with van der Waals surface area (Å²) in [6.45, 7) is 5.17. The van der Waals surface area contributed by atoms with Crippen LogP contribution in [0.25, 0.3) is 0 Å². The van der Waals surface area contributed by atoms with Gasteiger partial charge in [0.2, 0.25) is 0 Å². The van der Waals surface area contributed by atoms with Crippen LogP contribution < -0.4 is 4.72 Å². The van der Waals surface area contributed by atoms with Gasteiger partial charge in [-0.05, 0) is 13.0 Å². The fourth-order valence-electron chi connectivity index (χ4n) is 0.749. The second kappa shape index (κ2) is 3.71. The molecule has 0 bridgehead atoms. The van der Waals surface area contributed by atoms with E-state index in [0.717, 1.165) is 0 Å². The van der Waals surface area contributed by atoms with Crippen molar-refractivity contribution >= 4 is 10.0 Å². The highest BCUT2D eigenvalue weighted by Gasteiger charge is 2.16. The van der Waals surface area contributed by atoms with E-state index in [1.165, 1.54) is 18.3 Å². The first-order chi connectivity index (χ1) is 6.06. The Kier molecular flexibility index (Phi) is 2.84. The first kappa shape index (κ1) is 9.94. The summed E-state index contributed by atoms with van der Waals surface area (Å²) < 4.78 is 25.3. The van der Waals surface area contributed by atoms with Gasteiger partial charge in [-0.15, -0.1) is 6.58 Å². The molecule has 6 heteroatoms. The molecule has 1 aromatic rings. The zero-order valence-electron chi connectivity index (χ0n) is 7.19. The van der Waals surface area contributed by atoms with Crippen molar-refractivity contribution in [2.75, 3.05) is 0 Å². The van der Waals surface area contributed by atoms with Crippen LogP contribution in [0.5, 0.6) is 0 Å². The van der Waals surface area contributed by atoms with Crippen LogP contribution in [0.3, 0.4) is 0 Å². The van der Waals surface area contributed by atoms with Gasteiger partial charge in [-0.2, -0.15) is 5.10 Å². The third-order valence-electron chi connectivity index (χ3n) is 1.46. The average molecular weight is 201 g/mol. The van der Waals surface area contributed by atoms with Gasteiger partial charge in [-0.1, -0.05) is 6.08 Å². The maximum Gasteiger partial charge on any atom is 0.257 e. The van der Waals surface area contributed by atoms with Gasteiger partial charge in [-0.25, -0.2) is 13.1 Å². The third-order valence-corrected chi connectivity index (χ3v) is 2.95. The predicted octanol–water partition coefficient (Wildman–Crippen LogP) is 0.263. The van der Waals surface area contributed by atoms with Crippen molar-refractivity contribution in [1.29, 1.82) is 0 Å². The first-order valence-electron chi connectivity index (χ1n) is 3.70. The van der Waals surface area contributed by atoms with Crippen molar-refractivity contribution < 1.29 is 8.42 Å². The van der Waals surface area contributed by atoms with Gasteiger partial charge in [0.05, 0.1) is 6.20 Å². The van der Waals surface area contributed by atoms with Crippen molar-refractivity contribution in [3.63, 3.8) is 0 Å². The summed E-state index contributed by atoms with van der Waals surface area (Å²) in [6, 6.07) is 1.09. The molecular weight excluding hydrogens is 190 g/mol. The number of hydrogen-bond donors (Lipinski definition) is 2. The van der Waals surface area contributed by atoms with Crippen molar-refractivity contribution in [1.82, 2.24) is 14.9 Å². The maximum absolute atomic E-state index is 11.4. The molecule has 0 aliphatic heterocycles. The van der Waals surface area contributed by atoms with Gasteiger partial charge >= 0.3 is 0 Å². The highest BCUT2D eigenvalue weighted by atomic mass is 32.2. The fourth-order valence-corrected chi connectivity index (χ4v) is 1.87. The van der Waals surface area contributed by atoms with E-state index in [4.69, 9.17) is 0 Å². The molecule has 0 radical (unpaired) electrons. The molecule has 13 heavy (non-hydrogen) atoms. The topological polar surface area (TPSA) is 74.8 Å². The summed E-state index contributed by atoms with van der Waals surface area (Å²) in [7, 11) is -3.47. The number of aromatic amines is 1. The fraction of sp³-hybridized carbons (Fsp3) is 0.286. The van der Waals surface area contributed by atoms with E-state index in [9.17, 15) is 8.42 Å². The van der Waals surface area contributed by atoms with E-state index in [1.54, 1.807) is 6.92 Å². The first-order valence-corrected chi connectivity index (χ1v) is 5.19. The van der Waals surface area contributed by atoms with E-state index < -0.39 is 10.0 Å². The highest BCUT2D eigenvalue weighted by molar-refractivity contribution is 7.89. The summed E-state index contributed by atoms with van der Waals surface area (Å²) in [6.07, 6.45) is 2.89. The summed E-state index contributed by atoms with van der Waals surface area (Å²) in [5.41, 5.74) is 0. The Labute approximate surface area is 76.9 Å². The normalized spacial score (nSPS) is 13.9. The number of nitrogens with one attached hydrogen (secondary N) is 2. The number of H-pyrrole nitrogens is 1. The number of rotatable bonds is 4. The minimum absolute atomic E-state index is 0.0567. The van der Waals surface area contributed by atoms with E-state index in [-0.39, 0.29) is 11.1 Å². The number of sulfonamides is 1. The van der Waals surface area contributed by atoms with Gasteiger partial charge in [0.25, 0.3) is 10.0 Å². The molecule has 1 heterocycles. The standard InChI is InChI=1S/C7H11N3O2S/c1-3-6(2)10-13(11,12)7-4-5-8-9-7/h3-6,10H,1H2,2H3,(H,8,9). The molecule has 0 saturated heterocycles. The highest BCUT2D eigenvalue weighted by Crippen LogP contribution is 2.03. The van der Waals surface area contributed by atoms with Crippen LogP contribution in [0.4, 0.5) is 0 Å². The number of nitrogens with zero attached hydrogens (tertiary/aromatic N) is 1. The van der Waals surface area contributed by atoms with Crippen molar-refractivity contribution in [2.45, 2.75) is 18.0 Å². The summed E-state index contributed by atoms with van der Waals surface area (Å²) in [4.78, 5) is 0. The van der Waals surface area contributed by atoms with Crippen molar-refractivity contribution in [3.8, 4) is 0 Å². The molecule has 0 fully saturated rings. The number of aromatic nitrogens is 2. The van der Waals surface area contributed by atoms with Crippen molar-refractivity contribution in [3.05, 3.63) is 24.9 Å². The lowest BCUT2D eigenvalue weighted by atomic mass is 10.4. The molecule has 0 amide bonds. The molecule has 72 valence electrons. The summed E-state index contributed by atoms with van der Waals surface area (Å²) in [5, 5.41) is 5.98. The van der Waals surface area contributed by atoms with Crippen LogP contribution in [-0.4, -0.2) is 24.7 Å². The zero-order valence-corrected chi connectivity index (χ0v) is 8.00. The van der Waals surface area contributed by atoms with Crippen LogP contribution in [-0.2, 0) is 10.0 Å². The SMILES string of the molecule is C=CC(C)NS(=O)(=O)c1ccn[nH]1. The lowest BCUT2D eigenvalue weighted by molar-refractivity contribution is 0.572. The van der Waals surface area contributed by atoms with E-state index >= 15 is 0 Å². The molecule has 0 aliphatic carbocycles. The second-order valence-electron chi connectivity index (χ2n) is 2.57. The Morgan fingerprint density at radius 1 is 1.77 bits per heavy atom. The molecule has 0 spiro atoms. The lowest BCUT2D eigenvalue weighted by Crippen LogP contribution is -2.31. The van der Waals surface area contributed by atoms with Crippen LogP contribution in [0.2, 0.25) is 0 Å². The summed E-state index contributed by atoms with van der Waals surface area (Å²) >= 11 is 0. The van der Waals surface area contributed by atoms with Crippen LogP contribution in [0.1, 0.15) is 6.92 Å². The lowest BCUT2D eigenvalue weighted by Gasteiger charge is -2.07. The van der Waals surface area contributed by atoms with Gasteiger partial charge in [-0.3, -0.25) is 5.10 Å². The average Bonchev–Trinajstić information content (AvgIpc) is 2.55. The molecule has 1 unspecified atom stereocenters. The number of hydrogen-bond acceptors (Lipinski definition) is 3. The second-order valence-corrected chi connectivity index (χ2v) is 4.25. The Morgan fingerprint density at radius 2 is 2.46 bits per heavy atom. The Morgan fingerprint density at radius 3 is 2.92 bits per heavy atom. The molecule has 1 atom stereocenters. The molecule has 1 aromatic heterocycles. The van der Waals surface area contributed by atoms with Crippen LogP contribution in [0, 0.1) is 0 Å². The molecule has 0 saturated carbocycles. The maximum atomic E-state index is 11.4. The van der Waals surface area contributed by atoms with E-state index in [2.05, 4.69) is 21.5 Å². The Hall–Kier alpha value is -1.14. The third kappa shape index (κ3) is 2.40. The van der Waals surface area contributed by atoms with Gasteiger partial charge < -0.3 is 0 Å².